The minimum absolute atomic E-state index is 0.106. The first kappa shape index (κ1) is 22.7. The zero-order valence-electron chi connectivity index (χ0n) is 17.1. The van der Waals surface area contributed by atoms with Gasteiger partial charge in [0, 0.05) is 4.47 Å². The van der Waals surface area contributed by atoms with Gasteiger partial charge in [0.25, 0.3) is 15.9 Å². The van der Waals surface area contributed by atoms with Crippen molar-refractivity contribution in [2.45, 2.75) is 18.7 Å². The molecule has 6 nitrogen and oxygen atoms in total. The van der Waals surface area contributed by atoms with Gasteiger partial charge in [0.1, 0.15) is 6.54 Å². The third-order valence-corrected chi connectivity index (χ3v) is 6.81. The molecule has 31 heavy (non-hydrogen) atoms. The minimum atomic E-state index is -3.97. The molecule has 160 valence electrons. The van der Waals surface area contributed by atoms with Gasteiger partial charge in [0.05, 0.1) is 16.3 Å². The fourth-order valence-electron chi connectivity index (χ4n) is 2.84. The molecular weight excluding hydrogens is 478 g/mol. The Balaban J connectivity index is 1.88. The molecule has 0 aliphatic heterocycles. The molecule has 3 aromatic carbocycles. The third-order valence-electron chi connectivity index (χ3n) is 4.53. The van der Waals surface area contributed by atoms with Crippen molar-refractivity contribution in [3.8, 4) is 0 Å². The number of hydrogen-bond donors (Lipinski definition) is 1. The fourth-order valence-corrected chi connectivity index (χ4v) is 4.64. The highest BCUT2D eigenvalue weighted by Crippen LogP contribution is 2.26. The van der Waals surface area contributed by atoms with E-state index in [4.69, 9.17) is 0 Å². The van der Waals surface area contributed by atoms with Gasteiger partial charge in [-0.3, -0.25) is 9.10 Å². The third kappa shape index (κ3) is 5.80. The number of carbonyl (C=O) groups excluding carboxylic acids is 1. The summed E-state index contributed by atoms with van der Waals surface area (Å²) in [6.45, 7) is 3.23. The number of aryl methyl sites for hydroxylation is 1. The number of amides is 1. The van der Waals surface area contributed by atoms with E-state index in [0.29, 0.717) is 15.9 Å². The van der Waals surface area contributed by atoms with Crippen molar-refractivity contribution in [1.29, 1.82) is 0 Å². The second kappa shape index (κ2) is 9.89. The lowest BCUT2D eigenvalue weighted by molar-refractivity contribution is -0.119. The molecule has 0 fully saturated rings. The summed E-state index contributed by atoms with van der Waals surface area (Å²) in [6, 6.07) is 22.7. The van der Waals surface area contributed by atoms with E-state index in [-0.39, 0.29) is 4.90 Å². The molecule has 1 amide bonds. The van der Waals surface area contributed by atoms with E-state index in [1.165, 1.54) is 12.1 Å². The molecule has 0 atom stereocenters. The summed E-state index contributed by atoms with van der Waals surface area (Å²) in [6.07, 6.45) is 0. The summed E-state index contributed by atoms with van der Waals surface area (Å²) in [5, 5.41) is 4.11. The first-order valence-corrected chi connectivity index (χ1v) is 11.7. The maximum Gasteiger partial charge on any atom is 0.264 e. The van der Waals surface area contributed by atoms with Gasteiger partial charge < -0.3 is 0 Å². The van der Waals surface area contributed by atoms with Crippen LogP contribution in [0, 0.1) is 6.92 Å². The first-order chi connectivity index (χ1) is 14.8. The normalized spacial score (nSPS) is 11.8. The van der Waals surface area contributed by atoms with Crippen LogP contribution < -0.4 is 9.73 Å². The van der Waals surface area contributed by atoms with Gasteiger partial charge in [-0.05, 0) is 49.7 Å². The molecular formula is C23H22BrN3O3S. The van der Waals surface area contributed by atoms with Crippen molar-refractivity contribution in [3.05, 3.63) is 94.5 Å². The van der Waals surface area contributed by atoms with Crippen molar-refractivity contribution in [2.24, 2.45) is 5.10 Å². The lowest BCUT2D eigenvalue weighted by atomic mass is 10.1. The highest BCUT2D eigenvalue weighted by molar-refractivity contribution is 9.10. The molecule has 0 radical (unpaired) electrons. The predicted octanol–water partition coefficient (Wildman–Crippen LogP) is 4.49. The Bertz CT molecular complexity index is 1190. The van der Waals surface area contributed by atoms with E-state index in [1.54, 1.807) is 43.3 Å². The number of benzene rings is 3. The molecule has 0 heterocycles. The fraction of sp³-hybridized carbons (Fsp3) is 0.130. The van der Waals surface area contributed by atoms with Crippen LogP contribution in [0.4, 0.5) is 5.69 Å². The molecule has 3 aromatic rings. The maximum absolute atomic E-state index is 13.3. The van der Waals surface area contributed by atoms with E-state index >= 15 is 0 Å². The molecule has 3 rings (SSSR count). The van der Waals surface area contributed by atoms with E-state index < -0.39 is 22.5 Å². The van der Waals surface area contributed by atoms with Gasteiger partial charge in [-0.15, -0.1) is 0 Å². The molecule has 0 bridgehead atoms. The molecule has 0 aliphatic carbocycles. The molecule has 1 N–H and O–H groups in total. The molecule has 0 aromatic heterocycles. The maximum atomic E-state index is 13.3. The van der Waals surface area contributed by atoms with Crippen LogP contribution in [-0.2, 0) is 14.8 Å². The molecule has 0 saturated carbocycles. The topological polar surface area (TPSA) is 78.8 Å². The Morgan fingerprint density at radius 2 is 1.68 bits per heavy atom. The summed E-state index contributed by atoms with van der Waals surface area (Å²) < 4.78 is 28.5. The average Bonchev–Trinajstić information content (AvgIpc) is 2.76. The van der Waals surface area contributed by atoms with Gasteiger partial charge in [-0.25, -0.2) is 13.8 Å². The van der Waals surface area contributed by atoms with Crippen LogP contribution in [0.5, 0.6) is 0 Å². The lowest BCUT2D eigenvalue weighted by Gasteiger charge is -2.24. The zero-order chi connectivity index (χ0) is 22.4. The Hall–Kier alpha value is -2.97. The molecule has 0 saturated heterocycles. The van der Waals surface area contributed by atoms with E-state index in [1.807, 2.05) is 37.3 Å². The van der Waals surface area contributed by atoms with Crippen LogP contribution in [0.15, 0.2) is 93.3 Å². The number of nitrogens with zero attached hydrogens (tertiary/aromatic N) is 2. The van der Waals surface area contributed by atoms with Gasteiger partial charge in [-0.1, -0.05) is 70.0 Å². The number of hydrazone groups is 1. The summed E-state index contributed by atoms with van der Waals surface area (Å²) in [5.74, 6) is -0.550. The highest BCUT2D eigenvalue weighted by Gasteiger charge is 2.27. The van der Waals surface area contributed by atoms with Gasteiger partial charge in [0.2, 0.25) is 0 Å². The summed E-state index contributed by atoms with van der Waals surface area (Å²) >= 11 is 3.36. The predicted molar refractivity (Wildman–Crippen MR) is 127 cm³/mol. The number of halogens is 1. The van der Waals surface area contributed by atoms with Gasteiger partial charge in [-0.2, -0.15) is 5.10 Å². The number of nitrogens with one attached hydrogen (secondary N) is 1. The number of anilines is 1. The van der Waals surface area contributed by atoms with Crippen molar-refractivity contribution in [3.63, 3.8) is 0 Å². The summed E-state index contributed by atoms with van der Waals surface area (Å²) in [7, 11) is -3.97. The molecule has 0 spiro atoms. The van der Waals surface area contributed by atoms with Gasteiger partial charge in [0.15, 0.2) is 0 Å². The minimum Gasteiger partial charge on any atom is -0.271 e. The Morgan fingerprint density at radius 1 is 1.00 bits per heavy atom. The smallest absolute Gasteiger partial charge is 0.264 e. The molecule has 0 aliphatic rings. The number of carbonyl (C=O) groups is 1. The SMILES string of the molecule is C/C(=N/NC(=O)CN(c1cccc(Br)c1)S(=O)(=O)c1ccc(C)cc1)c1ccccc1. The zero-order valence-corrected chi connectivity index (χ0v) is 19.5. The standard InChI is InChI=1S/C23H22BrN3O3S/c1-17-11-13-22(14-12-17)31(29,30)27(21-10-6-9-20(24)15-21)16-23(28)26-25-18(2)19-7-4-3-5-8-19/h3-15H,16H2,1-2H3,(H,26,28)/b25-18-. The van der Waals surface area contributed by atoms with E-state index in [9.17, 15) is 13.2 Å². The van der Waals surface area contributed by atoms with Crippen molar-refractivity contribution in [1.82, 2.24) is 5.43 Å². The van der Waals surface area contributed by atoms with Crippen LogP contribution in [0.25, 0.3) is 0 Å². The van der Waals surface area contributed by atoms with Crippen molar-refractivity contribution < 1.29 is 13.2 Å². The number of hydrogen-bond acceptors (Lipinski definition) is 4. The molecule has 8 heteroatoms. The Morgan fingerprint density at radius 3 is 2.32 bits per heavy atom. The first-order valence-electron chi connectivity index (χ1n) is 9.51. The van der Waals surface area contributed by atoms with E-state index in [2.05, 4.69) is 26.5 Å². The quantitative estimate of drug-likeness (QED) is 0.384. The largest absolute Gasteiger partial charge is 0.271 e. The van der Waals surface area contributed by atoms with Crippen LogP contribution in [-0.4, -0.2) is 26.6 Å². The second-order valence-corrected chi connectivity index (χ2v) is 9.68. The summed E-state index contributed by atoms with van der Waals surface area (Å²) in [5.41, 5.74) is 5.25. The van der Waals surface area contributed by atoms with Crippen molar-refractivity contribution >= 4 is 43.3 Å². The Kier molecular flexibility index (Phi) is 7.25. The second-order valence-electron chi connectivity index (χ2n) is 6.90. The van der Waals surface area contributed by atoms with Crippen LogP contribution in [0.3, 0.4) is 0 Å². The van der Waals surface area contributed by atoms with Gasteiger partial charge >= 0.3 is 0 Å². The van der Waals surface area contributed by atoms with Crippen LogP contribution in [0.1, 0.15) is 18.1 Å². The van der Waals surface area contributed by atoms with E-state index in [0.717, 1.165) is 15.4 Å². The molecule has 0 unspecified atom stereocenters. The monoisotopic (exact) mass is 499 g/mol. The van der Waals surface area contributed by atoms with Crippen molar-refractivity contribution in [2.75, 3.05) is 10.8 Å². The Labute approximate surface area is 190 Å². The van der Waals surface area contributed by atoms with Crippen LogP contribution in [0.2, 0.25) is 0 Å². The summed E-state index contributed by atoms with van der Waals surface area (Å²) in [4.78, 5) is 12.7. The van der Waals surface area contributed by atoms with Crippen LogP contribution >= 0.6 is 15.9 Å². The number of sulfonamides is 1. The lowest BCUT2D eigenvalue weighted by Crippen LogP contribution is -2.39. The highest BCUT2D eigenvalue weighted by atomic mass is 79.9. The average molecular weight is 500 g/mol. The number of rotatable bonds is 7.